The standard InChI is InChI=1S/C50H35N/c1-3-14-36(15-4-1)38-28-30-44(31-29-38)51(45-23-12-21-41(33-45)40-20-11-19-39(32-40)37-16-5-2-6-17-37)46-24-13-22-42(34-46)50-35-43-18-7-8-25-47(43)48-26-9-10-27-49(48)50/h1-35H. The maximum atomic E-state index is 2.38. The summed E-state index contributed by atoms with van der Waals surface area (Å²) in [6, 6.07) is 76.6. The zero-order valence-corrected chi connectivity index (χ0v) is 28.2. The molecule has 0 atom stereocenters. The Hall–Kier alpha value is -6.70. The number of anilines is 3. The number of hydrogen-bond donors (Lipinski definition) is 0. The van der Waals surface area contributed by atoms with Crippen molar-refractivity contribution in [2.24, 2.45) is 0 Å². The van der Waals surface area contributed by atoms with Gasteiger partial charge < -0.3 is 4.90 Å². The van der Waals surface area contributed by atoms with Gasteiger partial charge in [0.25, 0.3) is 0 Å². The smallest absolute Gasteiger partial charge is 0.0467 e. The van der Waals surface area contributed by atoms with Crippen LogP contribution in [0.2, 0.25) is 0 Å². The van der Waals surface area contributed by atoms with Crippen molar-refractivity contribution in [3.8, 4) is 44.5 Å². The number of hydrogen-bond acceptors (Lipinski definition) is 1. The van der Waals surface area contributed by atoms with E-state index < -0.39 is 0 Å². The first-order valence-electron chi connectivity index (χ1n) is 17.5. The van der Waals surface area contributed by atoms with Crippen LogP contribution in [0.3, 0.4) is 0 Å². The number of rotatable bonds is 7. The van der Waals surface area contributed by atoms with Crippen LogP contribution in [0.4, 0.5) is 17.1 Å². The molecule has 9 rings (SSSR count). The van der Waals surface area contributed by atoms with Crippen LogP contribution in [0.5, 0.6) is 0 Å². The summed E-state index contributed by atoms with van der Waals surface area (Å²) in [7, 11) is 0. The molecule has 9 aromatic carbocycles. The van der Waals surface area contributed by atoms with Gasteiger partial charge >= 0.3 is 0 Å². The van der Waals surface area contributed by atoms with Gasteiger partial charge in [0.1, 0.15) is 0 Å². The van der Waals surface area contributed by atoms with Gasteiger partial charge in [-0.2, -0.15) is 0 Å². The minimum atomic E-state index is 1.10. The van der Waals surface area contributed by atoms with E-state index in [0.717, 1.165) is 17.1 Å². The molecule has 9 aromatic rings. The lowest BCUT2D eigenvalue weighted by molar-refractivity contribution is 1.28. The molecular formula is C50H35N. The molecule has 0 aliphatic carbocycles. The van der Waals surface area contributed by atoms with Gasteiger partial charge in [-0.1, -0.05) is 164 Å². The van der Waals surface area contributed by atoms with E-state index >= 15 is 0 Å². The summed E-state index contributed by atoms with van der Waals surface area (Å²) in [5.41, 5.74) is 12.9. The first kappa shape index (κ1) is 30.4. The third kappa shape index (κ3) is 5.96. The highest BCUT2D eigenvalue weighted by Gasteiger charge is 2.16. The molecule has 0 aliphatic heterocycles. The monoisotopic (exact) mass is 649 g/mol. The lowest BCUT2D eigenvalue weighted by Gasteiger charge is -2.27. The van der Waals surface area contributed by atoms with Crippen LogP contribution in [-0.4, -0.2) is 0 Å². The Labute approximate surface area is 299 Å². The van der Waals surface area contributed by atoms with Crippen LogP contribution >= 0.6 is 0 Å². The summed E-state index contributed by atoms with van der Waals surface area (Å²) in [6.45, 7) is 0. The molecule has 0 radical (unpaired) electrons. The fourth-order valence-electron chi connectivity index (χ4n) is 7.32. The molecule has 0 heterocycles. The van der Waals surface area contributed by atoms with E-state index in [0.29, 0.717) is 0 Å². The molecule has 1 heteroatoms. The van der Waals surface area contributed by atoms with E-state index in [1.807, 2.05) is 0 Å². The molecule has 51 heavy (non-hydrogen) atoms. The summed E-state index contributed by atoms with van der Waals surface area (Å²) >= 11 is 0. The molecule has 0 N–H and O–H groups in total. The molecule has 0 amide bonds. The Morgan fingerprint density at radius 1 is 0.235 bits per heavy atom. The second kappa shape index (κ2) is 13.3. The lowest BCUT2D eigenvalue weighted by Crippen LogP contribution is -2.10. The zero-order valence-electron chi connectivity index (χ0n) is 28.2. The number of fused-ring (bicyclic) bond motifs is 3. The minimum absolute atomic E-state index is 1.10. The number of benzene rings is 9. The van der Waals surface area contributed by atoms with Gasteiger partial charge in [-0.15, -0.1) is 0 Å². The van der Waals surface area contributed by atoms with Crippen LogP contribution in [0.25, 0.3) is 66.1 Å². The van der Waals surface area contributed by atoms with E-state index in [1.165, 1.54) is 66.1 Å². The molecule has 0 unspecified atom stereocenters. The maximum Gasteiger partial charge on any atom is 0.0467 e. The quantitative estimate of drug-likeness (QED) is 0.155. The van der Waals surface area contributed by atoms with Gasteiger partial charge in [0.2, 0.25) is 0 Å². The van der Waals surface area contributed by atoms with Crippen molar-refractivity contribution in [1.82, 2.24) is 0 Å². The van der Waals surface area contributed by atoms with Crippen molar-refractivity contribution in [2.75, 3.05) is 4.90 Å². The Morgan fingerprint density at radius 3 is 1.37 bits per heavy atom. The highest BCUT2D eigenvalue weighted by atomic mass is 15.1. The predicted octanol–water partition coefficient (Wildman–Crippen LogP) is 14.1. The van der Waals surface area contributed by atoms with Crippen molar-refractivity contribution in [3.63, 3.8) is 0 Å². The summed E-state index contributed by atoms with van der Waals surface area (Å²) in [5.74, 6) is 0. The average Bonchev–Trinajstić information content (AvgIpc) is 3.22. The van der Waals surface area contributed by atoms with E-state index in [4.69, 9.17) is 0 Å². The largest absolute Gasteiger partial charge is 0.310 e. The van der Waals surface area contributed by atoms with Crippen LogP contribution in [0.15, 0.2) is 212 Å². The van der Waals surface area contributed by atoms with Crippen molar-refractivity contribution < 1.29 is 0 Å². The van der Waals surface area contributed by atoms with Crippen LogP contribution in [0, 0.1) is 0 Å². The summed E-state index contributed by atoms with van der Waals surface area (Å²) < 4.78 is 0. The highest BCUT2D eigenvalue weighted by molar-refractivity contribution is 6.13. The van der Waals surface area contributed by atoms with Gasteiger partial charge in [-0.25, -0.2) is 0 Å². The fraction of sp³-hybridized carbons (Fsp3) is 0. The maximum absolute atomic E-state index is 2.38. The SMILES string of the molecule is c1ccc(-c2ccc(N(c3cccc(-c4cccc(-c5ccccc5)c4)c3)c3cccc(-c4cc5ccccc5c5ccccc45)c3)cc2)cc1. The van der Waals surface area contributed by atoms with E-state index in [9.17, 15) is 0 Å². The summed E-state index contributed by atoms with van der Waals surface area (Å²) in [5, 5.41) is 5.05. The third-order valence-electron chi connectivity index (χ3n) is 9.82. The first-order chi connectivity index (χ1) is 25.3. The Balaban J connectivity index is 1.18. The Bertz CT molecular complexity index is 2620. The van der Waals surface area contributed by atoms with Gasteiger partial charge in [0.05, 0.1) is 0 Å². The normalized spacial score (nSPS) is 11.1. The van der Waals surface area contributed by atoms with Crippen LogP contribution in [0.1, 0.15) is 0 Å². The molecular weight excluding hydrogens is 615 g/mol. The molecule has 1 nitrogen and oxygen atoms in total. The van der Waals surface area contributed by atoms with Crippen molar-refractivity contribution >= 4 is 38.6 Å². The molecule has 0 aliphatic rings. The topological polar surface area (TPSA) is 3.24 Å². The van der Waals surface area contributed by atoms with Crippen molar-refractivity contribution in [3.05, 3.63) is 212 Å². The Kier molecular flexibility index (Phi) is 7.92. The fourth-order valence-corrected chi connectivity index (χ4v) is 7.32. The molecule has 0 bridgehead atoms. The van der Waals surface area contributed by atoms with E-state index in [2.05, 4.69) is 217 Å². The minimum Gasteiger partial charge on any atom is -0.310 e. The summed E-state index contributed by atoms with van der Waals surface area (Å²) in [4.78, 5) is 2.38. The average molecular weight is 650 g/mol. The van der Waals surface area contributed by atoms with Crippen LogP contribution in [-0.2, 0) is 0 Å². The van der Waals surface area contributed by atoms with Gasteiger partial charge in [-0.3, -0.25) is 0 Å². The Morgan fingerprint density at radius 2 is 0.686 bits per heavy atom. The van der Waals surface area contributed by atoms with Crippen molar-refractivity contribution in [2.45, 2.75) is 0 Å². The molecule has 0 aromatic heterocycles. The molecule has 0 fully saturated rings. The highest BCUT2D eigenvalue weighted by Crippen LogP contribution is 2.41. The van der Waals surface area contributed by atoms with Gasteiger partial charge in [0, 0.05) is 17.1 Å². The number of nitrogens with zero attached hydrogens (tertiary/aromatic N) is 1. The molecule has 0 saturated heterocycles. The first-order valence-corrected chi connectivity index (χ1v) is 17.5. The molecule has 0 saturated carbocycles. The lowest BCUT2D eigenvalue weighted by atomic mass is 9.93. The zero-order chi connectivity index (χ0) is 34.0. The van der Waals surface area contributed by atoms with Gasteiger partial charge in [-0.05, 0) is 115 Å². The second-order valence-electron chi connectivity index (χ2n) is 13.0. The second-order valence-corrected chi connectivity index (χ2v) is 13.0. The van der Waals surface area contributed by atoms with E-state index in [1.54, 1.807) is 0 Å². The van der Waals surface area contributed by atoms with Gasteiger partial charge in [0.15, 0.2) is 0 Å². The third-order valence-corrected chi connectivity index (χ3v) is 9.82. The van der Waals surface area contributed by atoms with Crippen LogP contribution < -0.4 is 4.90 Å². The van der Waals surface area contributed by atoms with Crippen molar-refractivity contribution in [1.29, 1.82) is 0 Å². The molecule has 240 valence electrons. The predicted molar refractivity (Wildman–Crippen MR) is 218 cm³/mol. The summed E-state index contributed by atoms with van der Waals surface area (Å²) in [6.07, 6.45) is 0. The van der Waals surface area contributed by atoms with E-state index in [-0.39, 0.29) is 0 Å². The molecule has 0 spiro atoms.